The number of fused-ring (bicyclic) bond motifs is 1. The average molecular weight is 1180 g/mol. The molecule has 0 unspecified atom stereocenters. The lowest BCUT2D eigenvalue weighted by atomic mass is 9.98. The molecule has 5 aliphatic rings. The highest BCUT2D eigenvalue weighted by molar-refractivity contribution is 5.89. The Balaban J connectivity index is 1.16. The zero-order chi connectivity index (χ0) is 60.7. The maximum atomic E-state index is 13.5. The molecule has 0 radical (unpaired) electrons. The van der Waals surface area contributed by atoms with Gasteiger partial charge in [-0.25, -0.2) is 9.59 Å². The molecule has 3 aromatic rings. The molecule has 0 aromatic heterocycles. The quantitative estimate of drug-likeness (QED) is 0.0136. The van der Waals surface area contributed by atoms with Gasteiger partial charge in [-0.2, -0.15) is 0 Å². The number of hydrogen-bond acceptors (Lipinski definition) is 29. The maximum absolute atomic E-state index is 13.5. The third kappa shape index (κ3) is 14.4. The largest absolute Gasteiger partial charge is 0.550 e. The summed E-state index contributed by atoms with van der Waals surface area (Å²) in [6.45, 7) is -2.37. The van der Waals surface area contributed by atoms with E-state index >= 15 is 0 Å². The molecule has 4 aliphatic heterocycles. The number of methoxy groups -OCH3 is 2. The number of hydrogen-bond donors (Lipinski definition) is 11. The summed E-state index contributed by atoms with van der Waals surface area (Å²) in [5.41, 5.74) is -0.428. The number of phenols is 4. The Bertz CT molecular complexity index is 3220. The average Bonchev–Trinajstić information content (AvgIpc) is 3.53. The van der Waals surface area contributed by atoms with E-state index in [4.69, 9.17) is 56.5 Å². The van der Waals surface area contributed by atoms with Gasteiger partial charge in [-0.3, -0.25) is 9.59 Å². The summed E-state index contributed by atoms with van der Waals surface area (Å²) in [5, 5.41) is 130. The van der Waals surface area contributed by atoms with Crippen molar-refractivity contribution in [3.63, 3.8) is 0 Å². The first-order chi connectivity index (χ1) is 40.0. The molecule has 0 bridgehead atoms. The van der Waals surface area contributed by atoms with Crippen molar-refractivity contribution in [2.24, 2.45) is 0 Å². The molecular formula is C55H55O29-. The van der Waals surface area contributed by atoms with Crippen LogP contribution in [0.4, 0.5) is 0 Å². The van der Waals surface area contributed by atoms with Crippen molar-refractivity contribution in [2.45, 2.75) is 92.4 Å². The van der Waals surface area contributed by atoms with Crippen LogP contribution in [0.15, 0.2) is 94.2 Å². The third-order valence-corrected chi connectivity index (χ3v) is 13.1. The Morgan fingerprint density at radius 3 is 1.92 bits per heavy atom. The number of esters is 3. The van der Waals surface area contributed by atoms with Gasteiger partial charge in [0.05, 0.1) is 38.8 Å². The summed E-state index contributed by atoms with van der Waals surface area (Å²) >= 11 is 0. The molecule has 0 spiro atoms. The third-order valence-electron chi connectivity index (χ3n) is 13.1. The van der Waals surface area contributed by atoms with Crippen LogP contribution in [0, 0.1) is 0 Å². The Labute approximate surface area is 473 Å². The van der Waals surface area contributed by atoms with Crippen LogP contribution in [-0.4, -0.2) is 200 Å². The number of aliphatic hydroxyl groups is 7. The van der Waals surface area contributed by atoms with Gasteiger partial charge >= 0.3 is 17.9 Å². The molecule has 14 atom stereocenters. The lowest BCUT2D eigenvalue weighted by Gasteiger charge is -2.45. The van der Waals surface area contributed by atoms with E-state index < -0.39 is 170 Å². The number of carboxylic acids is 1. The van der Waals surface area contributed by atoms with Crippen LogP contribution in [0.2, 0.25) is 0 Å². The topological polar surface area (TPSA) is 446 Å². The van der Waals surface area contributed by atoms with Gasteiger partial charge in [0, 0.05) is 29.8 Å². The minimum absolute atomic E-state index is 0.0235. The lowest BCUT2D eigenvalue weighted by molar-refractivity contribution is -0.345. The molecule has 29 nitrogen and oxygen atoms in total. The molecule has 3 fully saturated rings. The standard InChI is InChI=1S/C55H56O29/c1-73-34-13-24(14-35(74-2)44(34)67)6-12-41(64)83-51-43(66)31(60)20-77-54(51)84-52-48(71)46(69)38(21-75-40(63)11-5-23-3-8-26(56)9-4-23)82-55(52)80-36-18-28-32(78-50(36)25-7-10-29(58)30(59)15-25)16-27(57)17-33(28)79-53-49(72)47(70)45(68)37(81-53)22-76-42(65)19-39(61)62/h3-18,31,37-38,43,45-49,51-56,58-60,66-72H,19-22H2,1-2H3,(H,61,62)/p-1/b11-5+,12-6+/t31-,37-,38-,43+,45-,46-,47+,48+,49-,51-,52-,53-,54+,55-/m1/s1. The zero-order valence-electron chi connectivity index (χ0n) is 43.9. The minimum Gasteiger partial charge on any atom is -0.550 e. The second kappa shape index (κ2) is 26.8. The van der Waals surface area contributed by atoms with E-state index in [0.717, 1.165) is 42.5 Å². The first-order valence-electron chi connectivity index (χ1n) is 25.2. The number of phenolic OH excluding ortho intramolecular Hbond substituents is 4. The van der Waals surface area contributed by atoms with E-state index in [1.807, 2.05) is 0 Å². The van der Waals surface area contributed by atoms with Crippen LogP contribution in [0.5, 0.6) is 46.0 Å². The van der Waals surface area contributed by atoms with Gasteiger partial charge in [-0.05, 0) is 71.8 Å². The van der Waals surface area contributed by atoms with E-state index in [1.165, 1.54) is 68.8 Å². The minimum atomic E-state index is -2.18. The number of rotatable bonds is 20. The van der Waals surface area contributed by atoms with Crippen LogP contribution in [0.1, 0.15) is 17.5 Å². The maximum Gasteiger partial charge on any atom is 0.331 e. The molecule has 11 N–H and O–H groups in total. The summed E-state index contributed by atoms with van der Waals surface area (Å²) in [7, 11) is 2.55. The molecular weight excluding hydrogens is 1120 g/mol. The summed E-state index contributed by atoms with van der Waals surface area (Å²) in [5.74, 6) is -8.74. The van der Waals surface area contributed by atoms with Crippen LogP contribution in [0.25, 0.3) is 34.8 Å². The van der Waals surface area contributed by atoms with Crippen molar-refractivity contribution >= 4 is 36.0 Å². The molecule has 8 rings (SSSR count). The van der Waals surface area contributed by atoms with Crippen molar-refractivity contribution in [3.05, 3.63) is 106 Å². The van der Waals surface area contributed by atoms with Crippen LogP contribution in [-0.2, 0) is 52.3 Å². The number of aliphatic hydroxyl groups excluding tert-OH is 7. The van der Waals surface area contributed by atoms with E-state index in [2.05, 4.69) is 0 Å². The van der Waals surface area contributed by atoms with Crippen molar-refractivity contribution in [2.75, 3.05) is 34.0 Å². The van der Waals surface area contributed by atoms with Gasteiger partial charge < -0.3 is 123 Å². The molecule has 0 amide bonds. The number of ether oxygens (including phenoxy) is 11. The number of benzene rings is 4. The number of aliphatic carboxylic acids is 1. The van der Waals surface area contributed by atoms with Gasteiger partial charge in [0.2, 0.25) is 18.3 Å². The summed E-state index contributed by atoms with van der Waals surface area (Å²) in [4.78, 5) is 62.7. The van der Waals surface area contributed by atoms with Crippen molar-refractivity contribution in [1.29, 1.82) is 0 Å². The van der Waals surface area contributed by atoms with Crippen molar-refractivity contribution in [3.8, 4) is 68.6 Å². The van der Waals surface area contributed by atoms with Gasteiger partial charge in [0.15, 0.2) is 58.4 Å². The van der Waals surface area contributed by atoms with E-state index in [0.29, 0.717) is 5.56 Å². The van der Waals surface area contributed by atoms with Gasteiger partial charge in [-0.15, -0.1) is 0 Å². The molecule has 3 saturated heterocycles. The highest BCUT2D eigenvalue weighted by Gasteiger charge is 2.52. The number of carbonyl (C=O) groups is 4. The smallest absolute Gasteiger partial charge is 0.331 e. The fourth-order valence-electron chi connectivity index (χ4n) is 8.71. The van der Waals surface area contributed by atoms with Gasteiger partial charge in [0.1, 0.15) is 85.4 Å². The fraction of sp³-hybridized carbons (Fsp3) is 0.364. The number of carboxylic acid groups (broad SMARTS) is 1. The molecule has 84 heavy (non-hydrogen) atoms. The van der Waals surface area contributed by atoms with Gasteiger partial charge in [0.25, 0.3) is 0 Å². The Kier molecular flexibility index (Phi) is 19.6. The lowest BCUT2D eigenvalue weighted by Crippen LogP contribution is -2.64. The van der Waals surface area contributed by atoms with E-state index in [1.54, 1.807) is 0 Å². The first-order valence-corrected chi connectivity index (χ1v) is 25.2. The SMILES string of the molecule is COc1cc(/C=C/C(=O)O[C@H]2[C@H](O[C@H]3[C@H](Oc4cc5c(O[C@@H]6O[C@H](COC(=O)CC(=O)[O-])[C@@H](O)[C@H](O)[C@H]6O)cc(=O)cc-5oc4-c4ccc(O)c(O)c4)O[C@H](COC(=O)/C=C/c4ccc(O)cc4)[C@@H](O)[C@@H]3O)OC[C@@H](O)[C@@H]2O)cc(OC)c1O. The van der Waals surface area contributed by atoms with Crippen molar-refractivity contribution < 1.29 is 137 Å². The molecule has 3 aromatic carbocycles. The Hall–Kier alpha value is -8.59. The molecule has 29 heteroatoms. The fourth-order valence-corrected chi connectivity index (χ4v) is 8.71. The summed E-state index contributed by atoms with van der Waals surface area (Å²) < 4.78 is 68.3. The predicted molar refractivity (Wildman–Crippen MR) is 274 cm³/mol. The number of aromatic hydroxyl groups is 4. The highest BCUT2D eigenvalue weighted by Crippen LogP contribution is 2.45. The van der Waals surface area contributed by atoms with Crippen LogP contribution < -0.4 is 29.5 Å². The molecule has 450 valence electrons. The van der Waals surface area contributed by atoms with E-state index in [9.17, 15) is 85.3 Å². The molecule has 0 saturated carbocycles. The molecule has 1 aliphatic carbocycles. The Morgan fingerprint density at radius 2 is 1.25 bits per heavy atom. The zero-order valence-corrected chi connectivity index (χ0v) is 43.9. The van der Waals surface area contributed by atoms with Crippen LogP contribution in [0.3, 0.4) is 0 Å². The van der Waals surface area contributed by atoms with E-state index in [-0.39, 0.29) is 45.4 Å². The summed E-state index contributed by atoms with van der Waals surface area (Å²) in [6.07, 6.45) is -24.2. The second-order valence-electron chi connectivity index (χ2n) is 18.9. The normalized spacial score (nSPS) is 27.0. The summed E-state index contributed by atoms with van der Waals surface area (Å²) in [6, 6.07) is 14.6. The monoisotopic (exact) mass is 1180 g/mol. The van der Waals surface area contributed by atoms with Crippen molar-refractivity contribution in [1.82, 2.24) is 0 Å². The first kappa shape index (κ1) is 61.5. The second-order valence-corrected chi connectivity index (χ2v) is 18.9. The molecule has 4 heterocycles. The Morgan fingerprint density at radius 1 is 0.619 bits per heavy atom. The highest BCUT2D eigenvalue weighted by atomic mass is 16.8. The van der Waals surface area contributed by atoms with Gasteiger partial charge in [-0.1, -0.05) is 12.1 Å². The van der Waals surface area contributed by atoms with Crippen LogP contribution >= 0.6 is 0 Å². The predicted octanol–water partition coefficient (Wildman–Crippen LogP) is -1.71. The number of carbonyl (C=O) groups excluding carboxylic acids is 4.